The molecule has 0 bridgehead atoms. The second kappa shape index (κ2) is 7.47. The van der Waals surface area contributed by atoms with E-state index in [1.165, 1.54) is 36.5 Å². The van der Waals surface area contributed by atoms with Crippen LogP contribution in [0.3, 0.4) is 0 Å². The first-order valence-corrected chi connectivity index (χ1v) is 12.2. The van der Waals surface area contributed by atoms with Crippen LogP contribution >= 0.6 is 11.3 Å². The summed E-state index contributed by atoms with van der Waals surface area (Å²) in [6.07, 6.45) is 1.49. The van der Waals surface area contributed by atoms with Crippen molar-refractivity contribution in [1.29, 1.82) is 0 Å². The minimum absolute atomic E-state index is 0.000749. The van der Waals surface area contributed by atoms with E-state index in [-0.39, 0.29) is 20.6 Å². The molecule has 0 aliphatic carbocycles. The Morgan fingerprint density at radius 3 is 2.21 bits per heavy atom. The second-order valence-electron chi connectivity index (χ2n) is 6.05. The normalized spacial score (nSPS) is 12.0. The standard InChI is InChI=1S/C19H15N3O4S3/c23-28(24,22-19-20-12-13-27-19)16-10-8-15(9-11-16)21-29(25,26)18-7-3-5-14-4-1-2-6-17(14)18/h1-13,21H,(H,20,22). The molecule has 7 nitrogen and oxygen atoms in total. The summed E-state index contributed by atoms with van der Waals surface area (Å²) in [4.78, 5) is 4.04. The molecular formula is C19H15N3O4S3. The van der Waals surface area contributed by atoms with Crippen LogP contribution in [0.25, 0.3) is 10.8 Å². The summed E-state index contributed by atoms with van der Waals surface area (Å²) in [6, 6.07) is 17.7. The maximum atomic E-state index is 12.9. The Morgan fingerprint density at radius 1 is 0.759 bits per heavy atom. The number of fused-ring (bicyclic) bond motifs is 1. The monoisotopic (exact) mass is 445 g/mol. The Bertz CT molecular complexity index is 1360. The number of nitrogens with zero attached hydrogens (tertiary/aromatic N) is 1. The molecule has 1 aromatic heterocycles. The molecule has 0 atom stereocenters. The van der Waals surface area contributed by atoms with Crippen LogP contribution < -0.4 is 9.44 Å². The van der Waals surface area contributed by atoms with Crippen molar-refractivity contribution in [2.75, 3.05) is 9.44 Å². The third kappa shape index (κ3) is 4.09. The van der Waals surface area contributed by atoms with Crippen LogP contribution in [0.4, 0.5) is 10.8 Å². The maximum Gasteiger partial charge on any atom is 0.263 e. The Morgan fingerprint density at radius 2 is 1.48 bits per heavy atom. The predicted octanol–water partition coefficient (Wildman–Crippen LogP) is 3.90. The fourth-order valence-corrected chi connectivity index (χ4v) is 5.87. The first-order valence-electron chi connectivity index (χ1n) is 8.38. The van der Waals surface area contributed by atoms with Gasteiger partial charge in [-0.2, -0.15) is 0 Å². The van der Waals surface area contributed by atoms with E-state index >= 15 is 0 Å². The molecule has 29 heavy (non-hydrogen) atoms. The van der Waals surface area contributed by atoms with Crippen LogP contribution in [0, 0.1) is 0 Å². The van der Waals surface area contributed by atoms with Crippen LogP contribution in [-0.4, -0.2) is 21.8 Å². The van der Waals surface area contributed by atoms with Crippen LogP contribution in [-0.2, 0) is 20.0 Å². The highest BCUT2D eigenvalue weighted by Crippen LogP contribution is 2.26. The van der Waals surface area contributed by atoms with Gasteiger partial charge in [-0.25, -0.2) is 21.8 Å². The van der Waals surface area contributed by atoms with Crippen molar-refractivity contribution in [3.8, 4) is 0 Å². The molecule has 0 fully saturated rings. The molecular weight excluding hydrogens is 430 g/mol. The highest BCUT2D eigenvalue weighted by molar-refractivity contribution is 7.93. The van der Waals surface area contributed by atoms with Gasteiger partial charge in [0, 0.05) is 22.7 Å². The third-order valence-corrected chi connectivity index (χ3v) is 7.72. The Balaban J connectivity index is 1.60. The summed E-state index contributed by atoms with van der Waals surface area (Å²) in [5.41, 5.74) is 0.256. The molecule has 10 heteroatoms. The zero-order valence-electron chi connectivity index (χ0n) is 14.8. The molecule has 0 amide bonds. The van der Waals surface area contributed by atoms with Crippen molar-refractivity contribution in [1.82, 2.24) is 4.98 Å². The number of benzene rings is 3. The van der Waals surface area contributed by atoms with E-state index < -0.39 is 20.0 Å². The van der Waals surface area contributed by atoms with Gasteiger partial charge in [0.25, 0.3) is 20.0 Å². The van der Waals surface area contributed by atoms with Gasteiger partial charge in [-0.05, 0) is 35.7 Å². The number of sulfonamides is 2. The Labute approximate surface area is 172 Å². The zero-order chi connectivity index (χ0) is 20.5. The zero-order valence-corrected chi connectivity index (χ0v) is 17.3. The van der Waals surface area contributed by atoms with Crippen LogP contribution in [0.1, 0.15) is 0 Å². The van der Waals surface area contributed by atoms with Crippen LogP contribution in [0.2, 0.25) is 0 Å². The highest BCUT2D eigenvalue weighted by Gasteiger charge is 2.19. The predicted molar refractivity (Wildman–Crippen MR) is 114 cm³/mol. The SMILES string of the molecule is O=S(=O)(Nc1nccs1)c1ccc(NS(=O)(=O)c2cccc3ccccc23)cc1. The third-order valence-electron chi connectivity index (χ3n) is 4.11. The lowest BCUT2D eigenvalue weighted by molar-refractivity contribution is 0.600. The highest BCUT2D eigenvalue weighted by atomic mass is 32.2. The Hall–Kier alpha value is -2.95. The lowest BCUT2D eigenvalue weighted by Gasteiger charge is -2.11. The van der Waals surface area contributed by atoms with Crippen LogP contribution in [0.5, 0.6) is 0 Å². The summed E-state index contributed by atoms with van der Waals surface area (Å²) in [5.74, 6) is 0. The summed E-state index contributed by atoms with van der Waals surface area (Å²) in [5, 5.41) is 3.33. The van der Waals surface area contributed by atoms with Gasteiger partial charge in [-0.3, -0.25) is 9.44 Å². The largest absolute Gasteiger partial charge is 0.280 e. The van der Waals surface area contributed by atoms with Crippen molar-refractivity contribution in [3.05, 3.63) is 78.3 Å². The lowest BCUT2D eigenvalue weighted by Crippen LogP contribution is -2.14. The van der Waals surface area contributed by atoms with E-state index in [0.29, 0.717) is 5.39 Å². The Kier molecular flexibility index (Phi) is 4.99. The topological polar surface area (TPSA) is 105 Å². The molecule has 3 aromatic carbocycles. The molecule has 0 radical (unpaired) electrons. The number of hydrogen-bond acceptors (Lipinski definition) is 6. The molecule has 4 rings (SSSR count). The quantitative estimate of drug-likeness (QED) is 0.468. The van der Waals surface area contributed by atoms with Gasteiger partial charge in [0.2, 0.25) is 0 Å². The minimum Gasteiger partial charge on any atom is -0.280 e. The van der Waals surface area contributed by atoms with Gasteiger partial charge >= 0.3 is 0 Å². The van der Waals surface area contributed by atoms with Crippen molar-refractivity contribution in [3.63, 3.8) is 0 Å². The van der Waals surface area contributed by atoms with Gasteiger partial charge in [-0.1, -0.05) is 36.4 Å². The molecule has 0 spiro atoms. The van der Waals surface area contributed by atoms with Gasteiger partial charge < -0.3 is 0 Å². The number of aromatic nitrogens is 1. The van der Waals surface area contributed by atoms with E-state index in [1.54, 1.807) is 23.6 Å². The molecule has 0 aliphatic heterocycles. The number of hydrogen-bond donors (Lipinski definition) is 2. The fraction of sp³-hybridized carbons (Fsp3) is 0. The number of anilines is 2. The van der Waals surface area contributed by atoms with Gasteiger partial charge in [-0.15, -0.1) is 11.3 Å². The van der Waals surface area contributed by atoms with E-state index in [4.69, 9.17) is 0 Å². The summed E-state index contributed by atoms with van der Waals surface area (Å²) < 4.78 is 55.3. The average Bonchev–Trinajstić information content (AvgIpc) is 3.20. The second-order valence-corrected chi connectivity index (χ2v) is 10.3. The molecule has 0 aliphatic rings. The molecule has 0 saturated heterocycles. The van der Waals surface area contributed by atoms with Crippen molar-refractivity contribution in [2.45, 2.75) is 9.79 Å². The van der Waals surface area contributed by atoms with E-state index in [2.05, 4.69) is 14.4 Å². The van der Waals surface area contributed by atoms with Crippen molar-refractivity contribution >= 4 is 53.0 Å². The molecule has 0 saturated carbocycles. The number of rotatable bonds is 6. The van der Waals surface area contributed by atoms with E-state index in [9.17, 15) is 16.8 Å². The summed E-state index contributed by atoms with van der Waals surface area (Å²) in [7, 11) is -7.66. The fourth-order valence-electron chi connectivity index (χ4n) is 2.79. The maximum absolute atomic E-state index is 12.9. The summed E-state index contributed by atoms with van der Waals surface area (Å²) >= 11 is 1.16. The smallest absolute Gasteiger partial charge is 0.263 e. The lowest BCUT2D eigenvalue weighted by atomic mass is 10.1. The van der Waals surface area contributed by atoms with Gasteiger partial charge in [0.1, 0.15) is 0 Å². The number of thiazole rings is 1. The van der Waals surface area contributed by atoms with Crippen molar-refractivity contribution < 1.29 is 16.8 Å². The van der Waals surface area contributed by atoms with Gasteiger partial charge in [0.15, 0.2) is 5.13 Å². The minimum atomic E-state index is -3.85. The molecule has 0 unspecified atom stereocenters. The van der Waals surface area contributed by atoms with Crippen LogP contribution in [0.15, 0.2) is 88.1 Å². The van der Waals surface area contributed by atoms with E-state index in [0.717, 1.165) is 16.7 Å². The first-order chi connectivity index (χ1) is 13.9. The molecule has 2 N–H and O–H groups in total. The van der Waals surface area contributed by atoms with Crippen molar-refractivity contribution in [2.24, 2.45) is 0 Å². The van der Waals surface area contributed by atoms with E-state index in [1.807, 2.05) is 18.2 Å². The summed E-state index contributed by atoms with van der Waals surface area (Å²) in [6.45, 7) is 0. The van der Waals surface area contributed by atoms with Gasteiger partial charge in [0.05, 0.1) is 9.79 Å². The number of nitrogens with one attached hydrogen (secondary N) is 2. The first kappa shape index (κ1) is 19.4. The average molecular weight is 446 g/mol. The molecule has 1 heterocycles. The molecule has 148 valence electrons. The molecule has 4 aromatic rings.